The predicted octanol–water partition coefficient (Wildman–Crippen LogP) is 2.63. The third-order valence-electron chi connectivity index (χ3n) is 3.84. The first-order valence-corrected chi connectivity index (χ1v) is 8.48. The van der Waals surface area contributed by atoms with Crippen molar-refractivity contribution in [1.29, 1.82) is 0 Å². The summed E-state index contributed by atoms with van der Waals surface area (Å²) in [6, 6.07) is 13.8. The van der Waals surface area contributed by atoms with Crippen LogP contribution in [0.1, 0.15) is 27.1 Å². The molecule has 6 heteroatoms. The highest BCUT2D eigenvalue weighted by molar-refractivity contribution is 6.09. The lowest BCUT2D eigenvalue weighted by Gasteiger charge is -2.13. The number of anilines is 1. The summed E-state index contributed by atoms with van der Waals surface area (Å²) in [6.45, 7) is 1.48. The molecule has 0 unspecified atom stereocenters. The fraction of sp³-hybridized carbons (Fsp3) is 0.300. The molecular formula is C20H25N3O3. The van der Waals surface area contributed by atoms with Gasteiger partial charge in [-0.15, -0.1) is 0 Å². The average Bonchev–Trinajstić information content (AvgIpc) is 2.65. The molecule has 2 N–H and O–H groups in total. The summed E-state index contributed by atoms with van der Waals surface area (Å²) in [5, 5.41) is 5.69. The van der Waals surface area contributed by atoms with Crippen molar-refractivity contribution in [2.45, 2.75) is 6.42 Å². The smallest absolute Gasteiger partial charge is 0.255 e. The van der Waals surface area contributed by atoms with E-state index in [0.717, 1.165) is 13.0 Å². The second kappa shape index (κ2) is 9.58. The van der Waals surface area contributed by atoms with Crippen molar-refractivity contribution in [3.05, 3.63) is 59.7 Å². The minimum absolute atomic E-state index is 0.200. The van der Waals surface area contributed by atoms with Crippen LogP contribution in [0, 0.1) is 0 Å². The summed E-state index contributed by atoms with van der Waals surface area (Å²) in [5.41, 5.74) is 1.42. The van der Waals surface area contributed by atoms with Gasteiger partial charge in [-0.25, -0.2) is 0 Å². The van der Waals surface area contributed by atoms with E-state index in [-0.39, 0.29) is 11.8 Å². The van der Waals surface area contributed by atoms with Crippen molar-refractivity contribution in [3.8, 4) is 5.75 Å². The third kappa shape index (κ3) is 5.60. The molecule has 0 fully saturated rings. The number of nitrogens with one attached hydrogen (secondary N) is 2. The number of hydrogen-bond donors (Lipinski definition) is 2. The molecule has 138 valence electrons. The summed E-state index contributed by atoms with van der Waals surface area (Å²) < 4.78 is 5.09. The molecule has 2 amide bonds. The van der Waals surface area contributed by atoms with Crippen LogP contribution in [0.4, 0.5) is 5.69 Å². The monoisotopic (exact) mass is 355 g/mol. The first-order chi connectivity index (χ1) is 12.5. The van der Waals surface area contributed by atoms with Crippen LogP contribution in [0.15, 0.2) is 48.5 Å². The molecule has 0 aliphatic heterocycles. The van der Waals surface area contributed by atoms with Crippen molar-refractivity contribution < 1.29 is 14.3 Å². The van der Waals surface area contributed by atoms with Gasteiger partial charge in [-0.3, -0.25) is 9.59 Å². The van der Waals surface area contributed by atoms with Crippen molar-refractivity contribution in [2.75, 3.05) is 39.6 Å². The zero-order valence-corrected chi connectivity index (χ0v) is 15.4. The molecule has 0 spiro atoms. The lowest BCUT2D eigenvalue weighted by molar-refractivity contribution is 0.0953. The standard InChI is InChI=1S/C20H25N3O3/c1-23(2)14-6-13-21-20(25)17-7-4-5-8-18(17)22-19(24)15-9-11-16(26-3)12-10-15/h4-5,7-12H,6,13-14H2,1-3H3,(H,21,25)(H,22,24). The highest BCUT2D eigenvalue weighted by Gasteiger charge is 2.13. The van der Waals surface area contributed by atoms with Crippen LogP contribution in [0.2, 0.25) is 0 Å². The SMILES string of the molecule is COc1ccc(C(=O)Nc2ccccc2C(=O)NCCCN(C)C)cc1. The highest BCUT2D eigenvalue weighted by atomic mass is 16.5. The van der Waals surface area contributed by atoms with Crippen LogP contribution in [0.3, 0.4) is 0 Å². The first kappa shape index (κ1) is 19.5. The molecule has 0 saturated carbocycles. The van der Waals surface area contributed by atoms with E-state index in [2.05, 4.69) is 15.5 Å². The summed E-state index contributed by atoms with van der Waals surface area (Å²) >= 11 is 0. The van der Waals surface area contributed by atoms with Crippen LogP contribution in [0.25, 0.3) is 0 Å². The number of rotatable bonds is 8. The molecule has 2 aromatic carbocycles. The quantitative estimate of drug-likeness (QED) is 0.714. The second-order valence-electron chi connectivity index (χ2n) is 6.14. The molecule has 0 radical (unpaired) electrons. The Hall–Kier alpha value is -2.86. The van der Waals surface area contributed by atoms with Gasteiger partial charge < -0.3 is 20.3 Å². The number of para-hydroxylation sites is 1. The van der Waals surface area contributed by atoms with Crippen molar-refractivity contribution >= 4 is 17.5 Å². The second-order valence-corrected chi connectivity index (χ2v) is 6.14. The van der Waals surface area contributed by atoms with Gasteiger partial charge in [-0.1, -0.05) is 12.1 Å². The average molecular weight is 355 g/mol. The van der Waals surface area contributed by atoms with Gasteiger partial charge in [-0.05, 0) is 63.5 Å². The van der Waals surface area contributed by atoms with Crippen molar-refractivity contribution in [3.63, 3.8) is 0 Å². The van der Waals surface area contributed by atoms with Gasteiger partial charge >= 0.3 is 0 Å². The molecule has 0 bridgehead atoms. The number of hydrogen-bond acceptors (Lipinski definition) is 4. The van der Waals surface area contributed by atoms with Crippen LogP contribution >= 0.6 is 0 Å². The maximum atomic E-state index is 12.4. The molecule has 0 saturated heterocycles. The fourth-order valence-electron chi connectivity index (χ4n) is 2.42. The van der Waals surface area contributed by atoms with Gasteiger partial charge in [0.1, 0.15) is 5.75 Å². The summed E-state index contributed by atoms with van der Waals surface area (Å²) in [4.78, 5) is 26.9. The fourth-order valence-corrected chi connectivity index (χ4v) is 2.42. The lowest BCUT2D eigenvalue weighted by Crippen LogP contribution is -2.28. The third-order valence-corrected chi connectivity index (χ3v) is 3.84. The first-order valence-electron chi connectivity index (χ1n) is 8.48. The van der Waals surface area contributed by atoms with E-state index in [1.165, 1.54) is 0 Å². The number of nitrogens with zero attached hydrogens (tertiary/aromatic N) is 1. The van der Waals surface area contributed by atoms with E-state index in [1.807, 2.05) is 14.1 Å². The molecule has 0 aromatic heterocycles. The maximum absolute atomic E-state index is 12.4. The molecular weight excluding hydrogens is 330 g/mol. The van der Waals surface area contributed by atoms with Gasteiger partial charge in [0.15, 0.2) is 0 Å². The zero-order chi connectivity index (χ0) is 18.9. The van der Waals surface area contributed by atoms with Crippen LogP contribution < -0.4 is 15.4 Å². The molecule has 0 atom stereocenters. The van der Waals surface area contributed by atoms with Gasteiger partial charge in [0.2, 0.25) is 0 Å². The van der Waals surface area contributed by atoms with Gasteiger partial charge in [0.25, 0.3) is 11.8 Å². The molecule has 26 heavy (non-hydrogen) atoms. The number of carbonyl (C=O) groups excluding carboxylic acids is 2. The number of carbonyl (C=O) groups is 2. The van der Waals surface area contributed by atoms with Crippen molar-refractivity contribution in [1.82, 2.24) is 10.2 Å². The van der Waals surface area contributed by atoms with E-state index < -0.39 is 0 Å². The number of ether oxygens (including phenoxy) is 1. The molecule has 0 aliphatic rings. The zero-order valence-electron chi connectivity index (χ0n) is 15.4. The Morgan fingerprint density at radius 1 is 1.00 bits per heavy atom. The summed E-state index contributed by atoms with van der Waals surface area (Å²) in [7, 11) is 5.56. The molecule has 0 aliphatic carbocycles. The number of methoxy groups -OCH3 is 1. The summed E-state index contributed by atoms with van der Waals surface area (Å²) in [5.74, 6) is 0.203. The Bertz CT molecular complexity index is 742. The van der Waals surface area contributed by atoms with Crippen molar-refractivity contribution in [2.24, 2.45) is 0 Å². The molecule has 2 aromatic rings. The van der Waals surface area contributed by atoms with E-state index in [1.54, 1.807) is 55.6 Å². The largest absolute Gasteiger partial charge is 0.497 e. The van der Waals surface area contributed by atoms with E-state index in [9.17, 15) is 9.59 Å². The maximum Gasteiger partial charge on any atom is 0.255 e. The van der Waals surface area contributed by atoms with Gasteiger partial charge in [-0.2, -0.15) is 0 Å². The normalized spacial score (nSPS) is 10.5. The number of benzene rings is 2. The van der Waals surface area contributed by atoms with Gasteiger partial charge in [0, 0.05) is 12.1 Å². The van der Waals surface area contributed by atoms with Crippen LogP contribution in [-0.4, -0.2) is 51.0 Å². The van der Waals surface area contributed by atoms with Crippen LogP contribution in [-0.2, 0) is 0 Å². The van der Waals surface area contributed by atoms with E-state index in [4.69, 9.17) is 4.74 Å². The molecule has 0 heterocycles. The Kier molecular flexibility index (Phi) is 7.17. The highest BCUT2D eigenvalue weighted by Crippen LogP contribution is 2.17. The minimum Gasteiger partial charge on any atom is -0.497 e. The van der Waals surface area contributed by atoms with Crippen LogP contribution in [0.5, 0.6) is 5.75 Å². The topological polar surface area (TPSA) is 70.7 Å². The van der Waals surface area contributed by atoms with E-state index >= 15 is 0 Å². The van der Waals surface area contributed by atoms with E-state index in [0.29, 0.717) is 29.1 Å². The Labute approximate surface area is 154 Å². The predicted molar refractivity (Wildman–Crippen MR) is 103 cm³/mol. The molecule has 6 nitrogen and oxygen atoms in total. The Morgan fingerprint density at radius 3 is 2.35 bits per heavy atom. The summed E-state index contributed by atoms with van der Waals surface area (Å²) in [6.07, 6.45) is 0.860. The molecule has 2 rings (SSSR count). The lowest BCUT2D eigenvalue weighted by atomic mass is 10.1. The number of amides is 2. The Balaban J connectivity index is 2.03. The Morgan fingerprint density at radius 2 is 1.69 bits per heavy atom. The minimum atomic E-state index is -0.277. The van der Waals surface area contributed by atoms with Gasteiger partial charge in [0.05, 0.1) is 18.4 Å².